The van der Waals surface area contributed by atoms with Gasteiger partial charge in [0, 0.05) is 31.7 Å². The smallest absolute Gasteiger partial charge is 0.168 e. The minimum atomic E-state index is 0.734. The molecule has 7 nitrogen and oxygen atoms in total. The van der Waals surface area contributed by atoms with Gasteiger partial charge in [0.05, 0.1) is 13.1 Å². The van der Waals surface area contributed by atoms with Gasteiger partial charge in [-0.2, -0.15) is 0 Å². The van der Waals surface area contributed by atoms with Gasteiger partial charge in [0.25, 0.3) is 0 Å². The van der Waals surface area contributed by atoms with E-state index in [1.165, 1.54) is 16.7 Å². The molecule has 0 aromatic carbocycles. The molecule has 0 fully saturated rings. The number of anilines is 2. The largest absolute Gasteiger partial charge is 0.488 e. The molecule has 2 aromatic rings. The van der Waals surface area contributed by atoms with Crippen LogP contribution in [0, 0.1) is 13.8 Å². The number of hydrogen-bond donors (Lipinski definition) is 2. The van der Waals surface area contributed by atoms with Crippen LogP contribution in [0.15, 0.2) is 53.4 Å². The van der Waals surface area contributed by atoms with Gasteiger partial charge in [0.15, 0.2) is 11.6 Å². The van der Waals surface area contributed by atoms with Crippen LogP contribution in [0.25, 0.3) is 0 Å². The third kappa shape index (κ3) is 5.42. The lowest BCUT2D eigenvalue weighted by atomic mass is 10.2. The fraction of sp³-hybridized carbons (Fsp3) is 0.375. The van der Waals surface area contributed by atoms with Crippen molar-refractivity contribution in [2.24, 2.45) is 4.99 Å². The zero-order valence-corrected chi connectivity index (χ0v) is 18.5. The van der Waals surface area contributed by atoms with Crippen molar-refractivity contribution in [3.05, 3.63) is 65.1 Å². The molecule has 0 saturated carbocycles. The molecule has 31 heavy (non-hydrogen) atoms. The highest BCUT2D eigenvalue weighted by molar-refractivity contribution is 5.96. The Morgan fingerprint density at radius 2 is 1.74 bits per heavy atom. The van der Waals surface area contributed by atoms with E-state index in [1.807, 2.05) is 25.4 Å². The number of nitrogens with zero attached hydrogens (tertiary/aromatic N) is 4. The van der Waals surface area contributed by atoms with Crippen LogP contribution in [-0.2, 0) is 6.42 Å². The molecule has 7 heteroatoms. The fourth-order valence-corrected chi connectivity index (χ4v) is 3.63. The maximum atomic E-state index is 5.38. The first kappa shape index (κ1) is 20.9. The summed E-state index contributed by atoms with van der Waals surface area (Å²) in [6.45, 7) is 10.8. The normalized spacial score (nSPS) is 17.1. The zero-order valence-electron chi connectivity index (χ0n) is 18.5. The van der Waals surface area contributed by atoms with Crippen molar-refractivity contribution in [1.29, 1.82) is 0 Å². The number of aliphatic imine (C=N–C) groups is 1. The topological polar surface area (TPSA) is 74.7 Å². The van der Waals surface area contributed by atoms with Gasteiger partial charge in [-0.05, 0) is 67.7 Å². The minimum Gasteiger partial charge on any atom is -0.488 e. The third-order valence-electron chi connectivity index (χ3n) is 5.21. The quantitative estimate of drug-likeness (QED) is 0.679. The van der Waals surface area contributed by atoms with Gasteiger partial charge < -0.3 is 20.3 Å². The molecule has 0 amide bonds. The highest BCUT2D eigenvalue weighted by Crippen LogP contribution is 2.24. The predicted octanol–water partition coefficient (Wildman–Crippen LogP) is 3.73. The Bertz CT molecular complexity index is 1030. The van der Waals surface area contributed by atoms with Crippen molar-refractivity contribution in [2.75, 3.05) is 43.4 Å². The summed E-state index contributed by atoms with van der Waals surface area (Å²) in [5.74, 6) is 3.93. The molecular weight excluding hydrogens is 388 g/mol. The van der Waals surface area contributed by atoms with Gasteiger partial charge in [-0.25, -0.2) is 9.97 Å². The van der Waals surface area contributed by atoms with Crippen molar-refractivity contribution in [3.8, 4) is 5.75 Å². The first-order valence-electron chi connectivity index (χ1n) is 10.8. The number of pyridine rings is 2. The van der Waals surface area contributed by atoms with Crippen LogP contribution in [0.4, 0.5) is 11.6 Å². The predicted molar refractivity (Wildman–Crippen MR) is 126 cm³/mol. The van der Waals surface area contributed by atoms with E-state index in [-0.39, 0.29) is 0 Å². The van der Waals surface area contributed by atoms with E-state index in [2.05, 4.69) is 68.8 Å². The summed E-state index contributed by atoms with van der Waals surface area (Å²) in [5.41, 5.74) is 5.03. The molecule has 0 atom stereocenters. The Kier molecular flexibility index (Phi) is 6.50. The number of ether oxygens (including phenoxy) is 1. The minimum absolute atomic E-state index is 0.734. The Balaban J connectivity index is 0.000000112. The monoisotopic (exact) mass is 418 g/mol. The molecule has 4 aliphatic rings. The number of fused-ring (bicyclic) bond motifs is 3. The fourth-order valence-electron chi connectivity index (χ4n) is 3.63. The number of aromatic nitrogens is 2. The summed E-state index contributed by atoms with van der Waals surface area (Å²) in [4.78, 5) is 14.9. The van der Waals surface area contributed by atoms with Crippen LogP contribution in [0.1, 0.15) is 23.6 Å². The maximum Gasteiger partial charge on any atom is 0.168 e. The van der Waals surface area contributed by atoms with Crippen molar-refractivity contribution >= 4 is 17.5 Å². The lowest BCUT2D eigenvalue weighted by Gasteiger charge is -2.17. The Morgan fingerprint density at radius 1 is 0.968 bits per heavy atom. The van der Waals surface area contributed by atoms with E-state index in [0.717, 1.165) is 68.0 Å². The molecule has 2 N–H and O–H groups in total. The molecule has 6 rings (SSSR count). The highest BCUT2D eigenvalue weighted by Gasteiger charge is 2.14. The van der Waals surface area contributed by atoms with Crippen LogP contribution >= 0.6 is 0 Å². The summed E-state index contributed by atoms with van der Waals surface area (Å²) in [6.07, 6.45) is 11.2. The average molecular weight is 419 g/mol. The lowest BCUT2D eigenvalue weighted by Crippen LogP contribution is -2.21. The van der Waals surface area contributed by atoms with Crippen LogP contribution in [0.5, 0.6) is 5.75 Å². The van der Waals surface area contributed by atoms with Crippen LogP contribution in [-0.4, -0.2) is 53.5 Å². The summed E-state index contributed by atoms with van der Waals surface area (Å²) in [7, 11) is 0. The lowest BCUT2D eigenvalue weighted by molar-refractivity contribution is 0.321. The molecular formula is C24H30N6O. The summed E-state index contributed by atoms with van der Waals surface area (Å²) < 4.78 is 5.38. The van der Waals surface area contributed by atoms with Gasteiger partial charge >= 0.3 is 0 Å². The SMILES string of the molecule is CC1=CC2=NCCN2C=C1.Cc1cnc2c(c1)CCN2.Cc1cnc2c(c1)OCCN2. The van der Waals surface area contributed by atoms with Crippen LogP contribution in [0.2, 0.25) is 0 Å². The molecule has 6 heterocycles. The second-order valence-electron chi connectivity index (χ2n) is 7.97. The summed E-state index contributed by atoms with van der Waals surface area (Å²) in [5, 5.41) is 6.37. The van der Waals surface area contributed by atoms with Crippen molar-refractivity contribution in [1.82, 2.24) is 14.9 Å². The molecule has 2 aromatic heterocycles. The van der Waals surface area contributed by atoms with Crippen molar-refractivity contribution < 1.29 is 4.74 Å². The van der Waals surface area contributed by atoms with Gasteiger partial charge in [-0.1, -0.05) is 6.07 Å². The molecule has 0 saturated heterocycles. The Hall–Kier alpha value is -3.35. The molecule has 0 bridgehead atoms. The zero-order chi connectivity index (χ0) is 21.6. The van der Waals surface area contributed by atoms with E-state index in [0.29, 0.717) is 0 Å². The van der Waals surface area contributed by atoms with E-state index in [4.69, 9.17) is 4.74 Å². The van der Waals surface area contributed by atoms with E-state index >= 15 is 0 Å². The van der Waals surface area contributed by atoms with E-state index in [9.17, 15) is 0 Å². The number of allylic oxidation sites excluding steroid dienone is 2. The van der Waals surface area contributed by atoms with E-state index < -0.39 is 0 Å². The number of aryl methyl sites for hydroxylation is 2. The molecule has 0 aliphatic carbocycles. The van der Waals surface area contributed by atoms with Crippen LogP contribution in [0.3, 0.4) is 0 Å². The summed E-state index contributed by atoms with van der Waals surface area (Å²) in [6, 6.07) is 4.19. The second kappa shape index (κ2) is 9.64. The number of amidine groups is 1. The van der Waals surface area contributed by atoms with Gasteiger partial charge in [0.2, 0.25) is 0 Å². The van der Waals surface area contributed by atoms with Gasteiger partial charge in [-0.15, -0.1) is 0 Å². The molecule has 162 valence electrons. The molecule has 0 unspecified atom stereocenters. The Morgan fingerprint density at radius 3 is 2.61 bits per heavy atom. The molecule has 0 spiro atoms. The molecule has 4 aliphatic heterocycles. The second-order valence-corrected chi connectivity index (χ2v) is 7.97. The van der Waals surface area contributed by atoms with Crippen LogP contribution < -0.4 is 15.4 Å². The summed E-state index contributed by atoms with van der Waals surface area (Å²) >= 11 is 0. The molecule has 0 radical (unpaired) electrons. The number of nitrogens with one attached hydrogen (secondary N) is 2. The van der Waals surface area contributed by atoms with Gasteiger partial charge in [0.1, 0.15) is 18.3 Å². The standard InChI is InChI=1S/C8H10N2O.2C8H10N2/c1-6-4-7-8(10-5-6)9-2-3-11-7;1-7-2-4-10-5-3-9-8(10)6-7;1-6-4-7-2-3-9-8(7)10-5-6/h4-5H,2-3H2,1H3,(H,9,10);2,4,6H,3,5H2,1H3;4-5H,2-3H2,1H3,(H,9,10). The van der Waals surface area contributed by atoms with Crippen molar-refractivity contribution in [2.45, 2.75) is 27.2 Å². The number of rotatable bonds is 0. The highest BCUT2D eigenvalue weighted by atomic mass is 16.5. The Labute approximate surface area is 184 Å². The van der Waals surface area contributed by atoms with E-state index in [1.54, 1.807) is 0 Å². The van der Waals surface area contributed by atoms with Gasteiger partial charge in [-0.3, -0.25) is 4.99 Å². The maximum absolute atomic E-state index is 5.38. The van der Waals surface area contributed by atoms with Crippen molar-refractivity contribution in [3.63, 3.8) is 0 Å². The first-order valence-corrected chi connectivity index (χ1v) is 10.8. The number of hydrogen-bond acceptors (Lipinski definition) is 7. The first-order chi connectivity index (χ1) is 15.1. The average Bonchev–Trinajstić information content (AvgIpc) is 3.43. The third-order valence-corrected chi connectivity index (χ3v) is 5.21.